The average Bonchev–Trinajstić information content (AvgIpc) is 2.69. The molecule has 1 heteroatoms. The number of allylic oxidation sites excluding steroid dienone is 1. The number of hydrogen-bond acceptors (Lipinski definition) is 1. The van der Waals surface area contributed by atoms with Crippen molar-refractivity contribution in [3.63, 3.8) is 0 Å². The molecule has 0 aromatic carbocycles. The van der Waals surface area contributed by atoms with Crippen molar-refractivity contribution in [2.45, 2.75) is 38.4 Å². The van der Waals surface area contributed by atoms with E-state index in [9.17, 15) is 0 Å². The summed E-state index contributed by atoms with van der Waals surface area (Å²) < 4.78 is 0.550. The van der Waals surface area contributed by atoms with Crippen LogP contribution in [-0.2, 0) is 0 Å². The zero-order chi connectivity index (χ0) is 8.48. The minimum atomic E-state index is 0.550. The summed E-state index contributed by atoms with van der Waals surface area (Å²) in [6.07, 6.45) is 7.47. The maximum absolute atomic E-state index is 2.47. The predicted octanol–water partition coefficient (Wildman–Crippen LogP) is 3.48. The van der Waals surface area contributed by atoms with Gasteiger partial charge in [0.15, 0.2) is 0 Å². The van der Waals surface area contributed by atoms with Crippen LogP contribution in [0.4, 0.5) is 0 Å². The Bertz CT molecular complexity index is 164. The van der Waals surface area contributed by atoms with Crippen LogP contribution in [0.25, 0.3) is 0 Å². The van der Waals surface area contributed by atoms with Crippen LogP contribution < -0.4 is 0 Å². The lowest BCUT2D eigenvalue weighted by atomic mass is 10.0. The van der Waals surface area contributed by atoms with Gasteiger partial charge in [0.1, 0.15) is 0 Å². The van der Waals surface area contributed by atoms with Gasteiger partial charge in [-0.05, 0) is 31.9 Å². The van der Waals surface area contributed by atoms with Crippen molar-refractivity contribution < 1.29 is 0 Å². The van der Waals surface area contributed by atoms with Crippen LogP contribution in [0.3, 0.4) is 0 Å². The van der Waals surface area contributed by atoms with Gasteiger partial charge in [0.25, 0.3) is 0 Å². The molecule has 1 fully saturated rings. The zero-order valence-corrected chi connectivity index (χ0v) is 8.79. The molecule has 0 spiro atoms. The van der Waals surface area contributed by atoms with Crippen molar-refractivity contribution in [1.82, 2.24) is 0 Å². The molecule has 0 aliphatic heterocycles. The second-order valence-electron chi connectivity index (χ2n) is 3.81. The lowest BCUT2D eigenvalue weighted by Crippen LogP contribution is -2.00. The summed E-state index contributed by atoms with van der Waals surface area (Å²) in [6, 6.07) is 0. The minimum Gasteiger partial charge on any atom is -0.154 e. The Labute approximate surface area is 74.5 Å². The highest BCUT2D eigenvalue weighted by Gasteiger charge is 2.39. The van der Waals surface area contributed by atoms with E-state index in [1.807, 2.05) is 11.8 Å². The zero-order valence-electron chi connectivity index (χ0n) is 7.98. The number of hydrogen-bond donors (Lipinski definition) is 0. The highest BCUT2D eigenvalue weighted by Crippen LogP contribution is 2.49. The Kier molecular flexibility index (Phi) is 2.69. The van der Waals surface area contributed by atoms with E-state index in [0.717, 1.165) is 5.92 Å². The van der Waals surface area contributed by atoms with Crippen LogP contribution in [0.1, 0.15) is 33.6 Å². The van der Waals surface area contributed by atoms with E-state index < -0.39 is 0 Å². The molecular weight excluding hydrogens is 152 g/mol. The predicted molar refractivity (Wildman–Crippen MR) is 54.1 cm³/mol. The Morgan fingerprint density at radius 3 is 2.27 bits per heavy atom. The van der Waals surface area contributed by atoms with Crippen molar-refractivity contribution in [3.05, 3.63) is 11.6 Å². The van der Waals surface area contributed by atoms with E-state index in [1.54, 1.807) is 5.57 Å². The molecule has 11 heavy (non-hydrogen) atoms. The fourth-order valence-corrected chi connectivity index (χ4v) is 1.93. The van der Waals surface area contributed by atoms with Gasteiger partial charge in [0.2, 0.25) is 0 Å². The van der Waals surface area contributed by atoms with Crippen LogP contribution in [-0.4, -0.2) is 11.0 Å². The first kappa shape index (κ1) is 9.18. The SMILES string of the molecule is CSC1(C=C(C)C(C)C)CC1. The highest BCUT2D eigenvalue weighted by atomic mass is 32.2. The van der Waals surface area contributed by atoms with Gasteiger partial charge in [-0.2, -0.15) is 11.8 Å². The molecule has 0 atom stereocenters. The maximum atomic E-state index is 2.47. The lowest BCUT2D eigenvalue weighted by Gasteiger charge is -2.10. The number of rotatable bonds is 3. The van der Waals surface area contributed by atoms with Crippen LogP contribution in [0.2, 0.25) is 0 Å². The first-order valence-electron chi connectivity index (χ1n) is 4.34. The first-order chi connectivity index (χ1) is 5.09. The van der Waals surface area contributed by atoms with Gasteiger partial charge >= 0.3 is 0 Å². The summed E-state index contributed by atoms with van der Waals surface area (Å²) in [5.74, 6) is 0.722. The molecule has 0 radical (unpaired) electrons. The van der Waals surface area contributed by atoms with E-state index in [1.165, 1.54) is 12.8 Å². The van der Waals surface area contributed by atoms with Crippen LogP contribution in [0.15, 0.2) is 11.6 Å². The molecule has 1 rings (SSSR count). The normalized spacial score (nSPS) is 22.5. The van der Waals surface area contributed by atoms with Crippen molar-refractivity contribution in [2.75, 3.05) is 6.26 Å². The Balaban J connectivity index is 2.57. The quantitative estimate of drug-likeness (QED) is 0.584. The fraction of sp³-hybridized carbons (Fsp3) is 0.800. The monoisotopic (exact) mass is 170 g/mol. The molecule has 0 amide bonds. The Hall–Kier alpha value is 0.0900. The summed E-state index contributed by atoms with van der Waals surface area (Å²) >= 11 is 2.01. The minimum absolute atomic E-state index is 0.550. The fourth-order valence-electron chi connectivity index (χ4n) is 1.11. The Morgan fingerprint density at radius 2 is 2.00 bits per heavy atom. The lowest BCUT2D eigenvalue weighted by molar-refractivity contribution is 0.761. The van der Waals surface area contributed by atoms with E-state index >= 15 is 0 Å². The van der Waals surface area contributed by atoms with E-state index in [4.69, 9.17) is 0 Å². The van der Waals surface area contributed by atoms with Gasteiger partial charge in [-0.1, -0.05) is 25.5 Å². The highest BCUT2D eigenvalue weighted by molar-refractivity contribution is 8.00. The summed E-state index contributed by atoms with van der Waals surface area (Å²) in [5.41, 5.74) is 1.55. The third kappa shape index (κ3) is 2.26. The van der Waals surface area contributed by atoms with E-state index in [2.05, 4.69) is 33.1 Å². The summed E-state index contributed by atoms with van der Waals surface area (Å²) in [6.45, 7) is 6.78. The molecule has 0 heterocycles. The van der Waals surface area contributed by atoms with Gasteiger partial charge in [0.05, 0.1) is 0 Å². The standard InChI is InChI=1S/C10H18S/c1-8(2)9(3)7-10(11-4)5-6-10/h7-8H,5-6H2,1-4H3. The van der Waals surface area contributed by atoms with Crippen LogP contribution in [0, 0.1) is 5.92 Å². The van der Waals surface area contributed by atoms with Crippen molar-refractivity contribution in [3.8, 4) is 0 Å². The van der Waals surface area contributed by atoms with Gasteiger partial charge in [0, 0.05) is 4.75 Å². The van der Waals surface area contributed by atoms with Crippen molar-refractivity contribution in [1.29, 1.82) is 0 Å². The second kappa shape index (κ2) is 3.22. The molecule has 0 unspecified atom stereocenters. The third-order valence-corrected chi connectivity index (χ3v) is 3.89. The van der Waals surface area contributed by atoms with Gasteiger partial charge in [-0.25, -0.2) is 0 Å². The molecule has 0 saturated heterocycles. The average molecular weight is 170 g/mol. The molecule has 1 saturated carbocycles. The van der Waals surface area contributed by atoms with Crippen molar-refractivity contribution >= 4 is 11.8 Å². The molecule has 0 N–H and O–H groups in total. The van der Waals surface area contributed by atoms with Gasteiger partial charge in [-0.15, -0.1) is 0 Å². The van der Waals surface area contributed by atoms with E-state index in [0.29, 0.717) is 4.75 Å². The molecule has 64 valence electrons. The molecular formula is C10H18S. The number of thioether (sulfide) groups is 1. The maximum Gasteiger partial charge on any atom is 0.0339 e. The largest absolute Gasteiger partial charge is 0.154 e. The molecule has 0 nitrogen and oxygen atoms in total. The molecule has 0 aromatic rings. The van der Waals surface area contributed by atoms with Crippen molar-refractivity contribution in [2.24, 2.45) is 5.92 Å². The van der Waals surface area contributed by atoms with Gasteiger partial charge < -0.3 is 0 Å². The second-order valence-corrected chi connectivity index (χ2v) is 5.03. The topological polar surface area (TPSA) is 0 Å². The molecule has 0 bridgehead atoms. The first-order valence-corrected chi connectivity index (χ1v) is 5.56. The summed E-state index contributed by atoms with van der Waals surface area (Å²) in [5, 5.41) is 0. The van der Waals surface area contributed by atoms with E-state index in [-0.39, 0.29) is 0 Å². The molecule has 0 aromatic heterocycles. The summed E-state index contributed by atoms with van der Waals surface area (Å²) in [4.78, 5) is 0. The molecule has 1 aliphatic carbocycles. The van der Waals surface area contributed by atoms with Crippen LogP contribution >= 0.6 is 11.8 Å². The molecule has 1 aliphatic rings. The summed E-state index contributed by atoms with van der Waals surface area (Å²) in [7, 11) is 0. The Morgan fingerprint density at radius 1 is 1.45 bits per heavy atom. The van der Waals surface area contributed by atoms with Gasteiger partial charge in [-0.3, -0.25) is 0 Å². The third-order valence-electron chi connectivity index (χ3n) is 2.55. The smallest absolute Gasteiger partial charge is 0.0339 e. The van der Waals surface area contributed by atoms with Crippen LogP contribution in [0.5, 0.6) is 0 Å².